The third-order valence-electron chi connectivity index (χ3n) is 5.37. The Kier molecular flexibility index (Phi) is 8.24. The molecule has 1 aliphatic heterocycles. The van der Waals surface area contributed by atoms with Crippen molar-refractivity contribution in [3.05, 3.63) is 56.5 Å². The van der Waals surface area contributed by atoms with Gasteiger partial charge in [-0.25, -0.2) is 30.0 Å². The maximum Gasteiger partial charge on any atom is 0.243 e. The molecule has 0 unspecified atom stereocenters. The summed E-state index contributed by atoms with van der Waals surface area (Å²) < 4.78 is 80.1. The molecule has 0 spiro atoms. The molecule has 188 valence electrons. The molecule has 8 nitrogen and oxygen atoms in total. The number of benzene rings is 2. The third-order valence-corrected chi connectivity index (χ3v) is 12.2. The number of sulfonamides is 2. The summed E-state index contributed by atoms with van der Waals surface area (Å²) in [5.74, 6) is -0.591. The van der Waals surface area contributed by atoms with Crippen molar-refractivity contribution < 1.29 is 25.3 Å². The average Bonchev–Trinajstić information content (AvgIpc) is 3.02. The molecule has 2 aromatic carbocycles. The average molecular weight is 610 g/mol. The summed E-state index contributed by atoms with van der Waals surface area (Å²) in [5.41, 5.74) is -1.29. The van der Waals surface area contributed by atoms with E-state index in [1.54, 1.807) is 0 Å². The van der Waals surface area contributed by atoms with Crippen molar-refractivity contribution in [3.63, 3.8) is 0 Å². The van der Waals surface area contributed by atoms with Crippen molar-refractivity contribution in [2.45, 2.75) is 28.7 Å². The molecule has 1 heterocycles. The van der Waals surface area contributed by atoms with E-state index in [0.717, 1.165) is 4.31 Å². The van der Waals surface area contributed by atoms with Gasteiger partial charge in [-0.2, -0.15) is 4.31 Å². The van der Waals surface area contributed by atoms with Crippen LogP contribution in [0.15, 0.2) is 46.2 Å². The first-order chi connectivity index (χ1) is 15.6. The summed E-state index contributed by atoms with van der Waals surface area (Å²) in [5, 5.41) is 0.371. The second-order valence-corrected chi connectivity index (χ2v) is 15.4. The van der Waals surface area contributed by atoms with Crippen molar-refractivity contribution in [2.75, 3.05) is 24.6 Å². The minimum absolute atomic E-state index is 0.00667. The Hall–Kier alpha value is -0.630. The van der Waals surface area contributed by atoms with Crippen LogP contribution in [0.5, 0.6) is 0 Å². The molecule has 0 aromatic heterocycles. The predicted octanol–water partition coefficient (Wildman–Crippen LogP) is 3.85. The fourth-order valence-corrected chi connectivity index (χ4v) is 9.47. The lowest BCUT2D eigenvalue weighted by atomic mass is 10.0. The molecule has 1 atom stereocenters. The second-order valence-electron chi connectivity index (χ2n) is 7.97. The van der Waals surface area contributed by atoms with Crippen LogP contribution >= 0.6 is 46.4 Å². The van der Waals surface area contributed by atoms with Gasteiger partial charge < -0.3 is 0 Å². The van der Waals surface area contributed by atoms with E-state index in [2.05, 4.69) is 4.72 Å². The van der Waals surface area contributed by atoms with Crippen molar-refractivity contribution in [3.8, 4) is 0 Å². The first kappa shape index (κ1) is 27.9. The van der Waals surface area contributed by atoms with Gasteiger partial charge in [-0.05, 0) is 49.7 Å². The predicted molar refractivity (Wildman–Crippen MR) is 134 cm³/mol. The zero-order chi connectivity index (χ0) is 25.5. The first-order valence-corrected chi connectivity index (χ1v) is 16.0. The van der Waals surface area contributed by atoms with Gasteiger partial charge in [0.15, 0.2) is 9.84 Å². The molecule has 0 saturated carbocycles. The number of sulfone groups is 1. The molecule has 34 heavy (non-hydrogen) atoms. The highest BCUT2D eigenvalue weighted by Crippen LogP contribution is 2.35. The smallest absolute Gasteiger partial charge is 0.229 e. The van der Waals surface area contributed by atoms with E-state index in [-0.39, 0.29) is 55.1 Å². The highest BCUT2D eigenvalue weighted by atomic mass is 35.5. The van der Waals surface area contributed by atoms with Gasteiger partial charge in [-0.3, -0.25) is 0 Å². The summed E-state index contributed by atoms with van der Waals surface area (Å²) in [7, 11) is -11.8. The van der Waals surface area contributed by atoms with E-state index in [4.69, 9.17) is 46.4 Å². The molecule has 0 radical (unpaired) electrons. The van der Waals surface area contributed by atoms with Gasteiger partial charge in [0.2, 0.25) is 20.0 Å². The topological polar surface area (TPSA) is 118 Å². The maximum absolute atomic E-state index is 13.5. The monoisotopic (exact) mass is 608 g/mol. The molecule has 15 heteroatoms. The minimum Gasteiger partial charge on any atom is -0.229 e. The number of hydrogen-bond acceptors (Lipinski definition) is 6. The van der Waals surface area contributed by atoms with E-state index in [9.17, 15) is 25.3 Å². The van der Waals surface area contributed by atoms with Crippen molar-refractivity contribution in [1.29, 1.82) is 0 Å². The maximum atomic E-state index is 13.5. The molecule has 0 aliphatic carbocycles. The molecule has 1 N–H and O–H groups in total. The number of rotatable bonds is 8. The van der Waals surface area contributed by atoms with Crippen LogP contribution in [0, 0.1) is 0 Å². The van der Waals surface area contributed by atoms with Crippen molar-refractivity contribution in [2.24, 2.45) is 0 Å². The Bertz CT molecular complexity index is 1430. The van der Waals surface area contributed by atoms with Gasteiger partial charge >= 0.3 is 0 Å². The highest BCUT2D eigenvalue weighted by molar-refractivity contribution is 7.92. The third kappa shape index (κ3) is 6.01. The Morgan fingerprint density at radius 2 is 1.44 bits per heavy atom. The van der Waals surface area contributed by atoms with Gasteiger partial charge in [-0.1, -0.05) is 46.4 Å². The zero-order valence-electron chi connectivity index (χ0n) is 17.6. The summed E-state index contributed by atoms with van der Waals surface area (Å²) >= 11 is 23.6. The molecule has 1 saturated heterocycles. The zero-order valence-corrected chi connectivity index (χ0v) is 23.1. The lowest BCUT2D eigenvalue weighted by Gasteiger charge is -2.36. The molecule has 3 rings (SSSR count). The Labute approximate surface area is 219 Å². The van der Waals surface area contributed by atoms with Crippen LogP contribution < -0.4 is 4.72 Å². The van der Waals surface area contributed by atoms with Crippen LogP contribution in [-0.4, -0.2) is 59.7 Å². The van der Waals surface area contributed by atoms with E-state index in [0.29, 0.717) is 0 Å². The number of nitrogens with one attached hydrogen (secondary N) is 1. The quantitative estimate of drug-likeness (QED) is 0.486. The summed E-state index contributed by atoms with van der Waals surface area (Å²) in [6, 6.07) is 7.48. The fourth-order valence-electron chi connectivity index (χ4n) is 3.64. The van der Waals surface area contributed by atoms with Crippen molar-refractivity contribution in [1.82, 2.24) is 9.03 Å². The molecule has 1 fully saturated rings. The Morgan fingerprint density at radius 3 is 1.94 bits per heavy atom. The van der Waals surface area contributed by atoms with E-state index in [1.807, 2.05) is 0 Å². The molecular formula is C19H20Cl4N2O6S3. The van der Waals surface area contributed by atoms with Crippen LogP contribution in [0.4, 0.5) is 0 Å². The van der Waals surface area contributed by atoms with E-state index in [1.165, 1.54) is 43.3 Å². The molecular weight excluding hydrogens is 590 g/mol. The Balaban J connectivity index is 1.92. The fraction of sp³-hybridized carbons (Fsp3) is 0.368. The van der Waals surface area contributed by atoms with Crippen LogP contribution in [0.1, 0.15) is 13.3 Å². The second kappa shape index (κ2) is 10.0. The minimum atomic E-state index is -4.27. The molecule has 1 aliphatic rings. The molecule has 0 bridgehead atoms. The SMILES string of the molecule is C[C@]1(N(CCNS(=O)(=O)c2ccc(Cl)c(Cl)c2)S(=O)(=O)c2ccc(Cl)c(Cl)c2)CCS(=O)(=O)C1. The van der Waals surface area contributed by atoms with Gasteiger partial charge in [0.05, 0.1) is 41.4 Å². The summed E-state index contributed by atoms with van der Waals surface area (Å²) in [4.78, 5) is -0.352. The highest BCUT2D eigenvalue weighted by Gasteiger charge is 2.48. The molecule has 2 aromatic rings. The normalized spacial score (nSPS) is 20.6. The summed E-state index contributed by atoms with van der Waals surface area (Å²) in [6.45, 7) is 0.841. The largest absolute Gasteiger partial charge is 0.243 e. The van der Waals surface area contributed by atoms with Gasteiger partial charge in [-0.15, -0.1) is 0 Å². The summed E-state index contributed by atoms with van der Waals surface area (Å²) in [6.07, 6.45) is 0.0510. The van der Waals surface area contributed by atoms with Crippen LogP contribution in [0.3, 0.4) is 0 Å². The van der Waals surface area contributed by atoms with Crippen molar-refractivity contribution >= 4 is 76.3 Å². The van der Waals surface area contributed by atoms with Gasteiger partial charge in [0.1, 0.15) is 0 Å². The standard InChI is InChI=1S/C19H20Cl4N2O6S3/c1-19(6-9-32(26,27)12-19)25(34(30,31)14-3-5-16(21)18(23)11-14)8-7-24-33(28,29)13-2-4-15(20)17(22)10-13/h2-5,10-11,24H,6-9,12H2,1H3/t19-/m0/s1. The lowest BCUT2D eigenvalue weighted by Crippen LogP contribution is -2.53. The van der Waals surface area contributed by atoms with Crippen LogP contribution in [0.2, 0.25) is 20.1 Å². The van der Waals surface area contributed by atoms with E-state index >= 15 is 0 Å². The first-order valence-electron chi connectivity index (χ1n) is 9.70. The number of nitrogens with zero attached hydrogens (tertiary/aromatic N) is 1. The van der Waals surface area contributed by atoms with Gasteiger partial charge in [0, 0.05) is 18.6 Å². The van der Waals surface area contributed by atoms with Crippen LogP contribution in [-0.2, 0) is 29.9 Å². The number of hydrogen-bond donors (Lipinski definition) is 1. The van der Waals surface area contributed by atoms with Gasteiger partial charge in [0.25, 0.3) is 0 Å². The van der Waals surface area contributed by atoms with E-state index < -0.39 is 41.2 Å². The number of halogens is 4. The lowest BCUT2D eigenvalue weighted by molar-refractivity contribution is 0.236. The molecule has 0 amide bonds. The Morgan fingerprint density at radius 1 is 0.912 bits per heavy atom. The van der Waals surface area contributed by atoms with Crippen LogP contribution in [0.25, 0.3) is 0 Å².